The lowest BCUT2D eigenvalue weighted by atomic mass is 10.1. The van der Waals surface area contributed by atoms with Gasteiger partial charge in [0.1, 0.15) is 0 Å². The highest BCUT2D eigenvalue weighted by Crippen LogP contribution is 2.33. The number of carboxylic acid groups (broad SMARTS) is 1. The molecule has 35 heavy (non-hydrogen) atoms. The number of rotatable bonds is 5. The van der Waals surface area contributed by atoms with Crippen molar-refractivity contribution in [2.24, 2.45) is 0 Å². The van der Waals surface area contributed by atoms with Gasteiger partial charge in [-0.15, -0.1) is 5.10 Å². The highest BCUT2D eigenvalue weighted by atomic mass is 19.4. The van der Waals surface area contributed by atoms with Gasteiger partial charge in [0.05, 0.1) is 29.2 Å². The molecule has 180 valence electrons. The molecule has 0 aliphatic heterocycles. The van der Waals surface area contributed by atoms with Crippen LogP contribution in [-0.4, -0.2) is 25.8 Å². The number of alkyl halides is 6. The Bertz CT molecular complexity index is 1370. The van der Waals surface area contributed by atoms with Gasteiger partial charge >= 0.3 is 18.3 Å². The molecule has 0 fully saturated rings. The molecule has 0 saturated carbocycles. The maximum Gasteiger partial charge on any atom is 0.416 e. The molecule has 4 rings (SSSR count). The van der Waals surface area contributed by atoms with E-state index in [0.29, 0.717) is 0 Å². The minimum atomic E-state index is -4.57. The van der Waals surface area contributed by atoms with E-state index in [-0.39, 0.29) is 33.9 Å². The summed E-state index contributed by atoms with van der Waals surface area (Å²) in [5.41, 5.74) is -1.54. The molecule has 0 saturated heterocycles. The summed E-state index contributed by atoms with van der Waals surface area (Å²) in [6.07, 6.45) is -5.63. The van der Waals surface area contributed by atoms with Crippen molar-refractivity contribution < 1.29 is 40.7 Å². The number of furan rings is 1. The summed E-state index contributed by atoms with van der Waals surface area (Å²) in [5, 5.41) is 13.8. The van der Waals surface area contributed by atoms with Crippen LogP contribution in [0, 0.1) is 0 Å². The lowest BCUT2D eigenvalue weighted by Gasteiger charge is -2.07. The van der Waals surface area contributed by atoms with Gasteiger partial charge in [0, 0.05) is 22.9 Å². The zero-order valence-corrected chi connectivity index (χ0v) is 17.3. The number of aromatic nitrogens is 3. The fraction of sp³-hybridized carbons (Fsp3) is 0.0870. The zero-order chi connectivity index (χ0) is 25.4. The summed E-state index contributed by atoms with van der Waals surface area (Å²) in [4.78, 5) is 16.1. The summed E-state index contributed by atoms with van der Waals surface area (Å²) in [7, 11) is 0. The van der Waals surface area contributed by atoms with Gasteiger partial charge < -0.3 is 9.52 Å². The van der Waals surface area contributed by atoms with E-state index in [1.165, 1.54) is 18.6 Å². The van der Waals surface area contributed by atoms with Gasteiger partial charge in [-0.05, 0) is 30.3 Å². The van der Waals surface area contributed by atoms with E-state index in [1.54, 1.807) is 0 Å². The van der Waals surface area contributed by atoms with Gasteiger partial charge in [0.25, 0.3) is 0 Å². The number of hydrogen-bond acceptors (Lipinski definition) is 4. The Hall–Kier alpha value is -4.35. The molecule has 0 unspecified atom stereocenters. The first-order valence-corrected chi connectivity index (χ1v) is 9.73. The van der Waals surface area contributed by atoms with Gasteiger partial charge in [-0.3, -0.25) is 0 Å². The molecule has 0 bridgehead atoms. The van der Waals surface area contributed by atoms with Crippen molar-refractivity contribution in [3.05, 3.63) is 83.8 Å². The SMILES string of the molecule is O=C(O)/C(=C/n1nc(-c2ccc(C(F)(F)F)cc2)nc1-c1ccc(C(F)(F)F)cc1)c1ccoc1. The van der Waals surface area contributed by atoms with Crippen LogP contribution >= 0.6 is 0 Å². The van der Waals surface area contributed by atoms with E-state index in [1.807, 2.05) is 0 Å². The zero-order valence-electron chi connectivity index (χ0n) is 17.3. The van der Waals surface area contributed by atoms with Crippen LogP contribution in [-0.2, 0) is 17.1 Å². The highest BCUT2D eigenvalue weighted by Gasteiger charge is 2.31. The molecule has 1 N–H and O–H groups in total. The number of aliphatic carboxylic acids is 1. The predicted molar refractivity (Wildman–Crippen MR) is 111 cm³/mol. The standard InChI is InChI=1S/C23H13F6N3O3/c24-22(25,26)16-5-1-13(2-6-16)19-30-20(14-3-7-17(8-4-14)23(27,28)29)32(31-19)11-18(21(33)34)15-9-10-35-12-15/h1-12H,(H,33,34)/b18-11+. The number of halogens is 6. The monoisotopic (exact) mass is 493 g/mol. The van der Waals surface area contributed by atoms with Crippen molar-refractivity contribution in [1.29, 1.82) is 0 Å². The fourth-order valence-corrected chi connectivity index (χ4v) is 3.14. The molecule has 0 aliphatic rings. The maximum absolute atomic E-state index is 13.0. The molecule has 0 aliphatic carbocycles. The Morgan fingerprint density at radius 1 is 0.857 bits per heavy atom. The minimum Gasteiger partial charge on any atom is -0.478 e. The Labute approximate surface area is 192 Å². The second kappa shape index (κ2) is 8.78. The smallest absolute Gasteiger partial charge is 0.416 e. The van der Waals surface area contributed by atoms with Crippen molar-refractivity contribution in [2.45, 2.75) is 12.4 Å². The first-order valence-electron chi connectivity index (χ1n) is 9.73. The van der Waals surface area contributed by atoms with Gasteiger partial charge in [0.15, 0.2) is 11.6 Å². The largest absolute Gasteiger partial charge is 0.478 e. The third kappa shape index (κ3) is 5.10. The quantitative estimate of drug-likeness (QED) is 0.260. The topological polar surface area (TPSA) is 81.1 Å². The first-order chi connectivity index (χ1) is 16.4. The van der Waals surface area contributed by atoms with E-state index < -0.39 is 29.4 Å². The van der Waals surface area contributed by atoms with Crippen LogP contribution in [0.25, 0.3) is 34.5 Å². The summed E-state index contributed by atoms with van der Waals surface area (Å²) >= 11 is 0. The van der Waals surface area contributed by atoms with Gasteiger partial charge in [-0.25, -0.2) is 14.5 Å². The van der Waals surface area contributed by atoms with E-state index in [4.69, 9.17) is 4.42 Å². The molecule has 0 atom stereocenters. The second-order valence-corrected chi connectivity index (χ2v) is 7.21. The van der Waals surface area contributed by atoms with Crippen molar-refractivity contribution in [3.63, 3.8) is 0 Å². The van der Waals surface area contributed by atoms with Crippen molar-refractivity contribution in [2.75, 3.05) is 0 Å². The number of carbonyl (C=O) groups is 1. The average Bonchev–Trinajstić information content (AvgIpc) is 3.46. The lowest BCUT2D eigenvalue weighted by Crippen LogP contribution is -2.05. The van der Waals surface area contributed by atoms with Gasteiger partial charge in [-0.2, -0.15) is 26.3 Å². The predicted octanol–water partition coefficient (Wildman–Crippen LogP) is 6.33. The third-order valence-corrected chi connectivity index (χ3v) is 4.89. The van der Waals surface area contributed by atoms with E-state index >= 15 is 0 Å². The third-order valence-electron chi connectivity index (χ3n) is 4.89. The molecule has 0 spiro atoms. The van der Waals surface area contributed by atoms with Crippen LogP contribution in [0.3, 0.4) is 0 Å². The number of carboxylic acids is 1. The van der Waals surface area contributed by atoms with Crippen molar-refractivity contribution >= 4 is 17.7 Å². The van der Waals surface area contributed by atoms with E-state index in [9.17, 15) is 36.2 Å². The lowest BCUT2D eigenvalue weighted by molar-refractivity contribution is -0.138. The van der Waals surface area contributed by atoms with Crippen LogP contribution < -0.4 is 0 Å². The molecule has 0 amide bonds. The second-order valence-electron chi connectivity index (χ2n) is 7.21. The molecule has 2 aromatic heterocycles. The molecular weight excluding hydrogens is 480 g/mol. The number of benzene rings is 2. The van der Waals surface area contributed by atoms with Crippen LogP contribution in [0.1, 0.15) is 16.7 Å². The fourth-order valence-electron chi connectivity index (χ4n) is 3.14. The van der Waals surface area contributed by atoms with Gasteiger partial charge in [-0.1, -0.05) is 24.3 Å². The summed E-state index contributed by atoms with van der Waals surface area (Å²) in [6.45, 7) is 0. The first kappa shape index (κ1) is 23.8. The number of hydrogen-bond donors (Lipinski definition) is 1. The van der Waals surface area contributed by atoms with Gasteiger partial charge in [0.2, 0.25) is 0 Å². The van der Waals surface area contributed by atoms with Crippen molar-refractivity contribution in [1.82, 2.24) is 14.8 Å². The molecule has 2 aromatic carbocycles. The van der Waals surface area contributed by atoms with Crippen LogP contribution in [0.15, 0.2) is 71.5 Å². The van der Waals surface area contributed by atoms with Crippen LogP contribution in [0.4, 0.5) is 26.3 Å². The summed E-state index contributed by atoms with van der Waals surface area (Å²) < 4.78 is 83.5. The molecule has 2 heterocycles. The average molecular weight is 493 g/mol. The number of nitrogens with zero attached hydrogens (tertiary/aromatic N) is 3. The van der Waals surface area contributed by atoms with Crippen LogP contribution in [0.5, 0.6) is 0 Å². The van der Waals surface area contributed by atoms with Crippen LogP contribution in [0.2, 0.25) is 0 Å². The van der Waals surface area contributed by atoms with E-state index in [0.717, 1.165) is 59.4 Å². The molecular formula is C23H13F6N3O3. The molecule has 4 aromatic rings. The Morgan fingerprint density at radius 3 is 1.86 bits per heavy atom. The molecule has 6 nitrogen and oxygen atoms in total. The molecule has 12 heteroatoms. The van der Waals surface area contributed by atoms with E-state index in [2.05, 4.69) is 10.1 Å². The Kier molecular flexibility index (Phi) is 5.97. The maximum atomic E-state index is 13.0. The Balaban J connectivity index is 1.85. The summed E-state index contributed by atoms with van der Waals surface area (Å²) in [6, 6.07) is 9.22. The Morgan fingerprint density at radius 2 is 1.40 bits per heavy atom. The van der Waals surface area contributed by atoms with Crippen molar-refractivity contribution in [3.8, 4) is 22.8 Å². The highest BCUT2D eigenvalue weighted by molar-refractivity contribution is 6.19. The minimum absolute atomic E-state index is 0.0316. The summed E-state index contributed by atoms with van der Waals surface area (Å²) in [5.74, 6) is -1.45. The normalized spacial score (nSPS) is 12.7. The molecule has 0 radical (unpaired) electrons.